The minimum Gasteiger partial charge on any atom is -0.381 e. The van der Waals surface area contributed by atoms with E-state index in [9.17, 15) is 9.59 Å². The molecule has 7 nitrogen and oxygen atoms in total. The fourth-order valence-corrected chi connectivity index (χ4v) is 7.32. The number of nitrogens with one attached hydrogen (secondary N) is 1. The van der Waals surface area contributed by atoms with E-state index in [0.717, 1.165) is 68.5 Å². The molecule has 1 atom stereocenters. The Bertz CT molecular complexity index is 1610. The van der Waals surface area contributed by atoms with E-state index in [0.29, 0.717) is 29.8 Å². The van der Waals surface area contributed by atoms with Gasteiger partial charge in [-0.05, 0) is 80.7 Å². The third-order valence-electron chi connectivity index (χ3n) is 9.22. The zero-order chi connectivity index (χ0) is 25.9. The van der Waals surface area contributed by atoms with E-state index in [4.69, 9.17) is 4.74 Å². The number of aryl methyl sites for hydroxylation is 2. The first-order valence-corrected chi connectivity index (χ1v) is 14.0. The maximum Gasteiger partial charge on any atom is 0.274 e. The van der Waals surface area contributed by atoms with Crippen molar-refractivity contribution in [2.24, 2.45) is 0 Å². The Balaban J connectivity index is 1.27. The Morgan fingerprint density at radius 2 is 1.92 bits per heavy atom. The number of hydrogen-bond acceptors (Lipinski definition) is 4. The summed E-state index contributed by atoms with van der Waals surface area (Å²) in [6.45, 7) is 4.95. The van der Waals surface area contributed by atoms with Crippen LogP contribution in [0, 0.1) is 6.92 Å². The normalized spacial score (nSPS) is 22.3. The molecule has 38 heavy (non-hydrogen) atoms. The van der Waals surface area contributed by atoms with Crippen molar-refractivity contribution < 1.29 is 9.53 Å². The minimum atomic E-state index is -0.179. The number of nitrogens with zero attached hydrogens (tertiary/aromatic N) is 3. The summed E-state index contributed by atoms with van der Waals surface area (Å²) in [6, 6.07) is 12.7. The average molecular weight is 511 g/mol. The molecule has 2 aromatic heterocycles. The number of aromatic amines is 1. The van der Waals surface area contributed by atoms with Crippen molar-refractivity contribution in [3.8, 4) is 0 Å². The molecule has 7 heteroatoms. The largest absolute Gasteiger partial charge is 0.381 e. The molecule has 7 rings (SSSR count). The van der Waals surface area contributed by atoms with Crippen molar-refractivity contribution in [1.82, 2.24) is 19.3 Å². The summed E-state index contributed by atoms with van der Waals surface area (Å²) >= 11 is 0. The molecule has 0 bridgehead atoms. The molecular formula is C31H34N4O3. The highest BCUT2D eigenvalue weighted by atomic mass is 16.5. The summed E-state index contributed by atoms with van der Waals surface area (Å²) in [7, 11) is 0. The molecule has 196 valence electrons. The number of likely N-dealkylation sites (tertiary alicyclic amines) is 1. The molecule has 1 unspecified atom stereocenters. The number of imidazole rings is 1. The highest BCUT2D eigenvalue weighted by Gasteiger charge is 2.41. The fraction of sp³-hybridized carbons (Fsp3) is 0.452. The smallest absolute Gasteiger partial charge is 0.274 e. The predicted molar refractivity (Wildman–Crippen MR) is 147 cm³/mol. The standard InChI is InChI=1S/C31H34N4O3/c1-20-16-26-25(33-29(36)27-18-32-28(35(26)27)22-9-14-38-15-10-22)17-23(20)30(37)34-13-5-12-31(19-34)11-4-7-21-6-2-3-8-24(21)31/h2-3,6,8,16-18,22H,4-5,7,9-15,19H2,1H3,(H,33,36). The number of amides is 1. The third kappa shape index (κ3) is 3.70. The zero-order valence-corrected chi connectivity index (χ0v) is 22.0. The topological polar surface area (TPSA) is 79.7 Å². The molecule has 4 aromatic rings. The Hall–Kier alpha value is -3.45. The second-order valence-corrected chi connectivity index (χ2v) is 11.5. The van der Waals surface area contributed by atoms with E-state index in [1.165, 1.54) is 17.5 Å². The number of fused-ring (bicyclic) bond motifs is 5. The van der Waals surface area contributed by atoms with Crippen molar-refractivity contribution in [2.75, 3.05) is 26.3 Å². The van der Waals surface area contributed by atoms with Crippen molar-refractivity contribution in [1.29, 1.82) is 0 Å². The van der Waals surface area contributed by atoms with Crippen LogP contribution in [0.2, 0.25) is 0 Å². The average Bonchev–Trinajstić information content (AvgIpc) is 3.40. The summed E-state index contributed by atoms with van der Waals surface area (Å²) < 4.78 is 7.55. The van der Waals surface area contributed by atoms with Crippen LogP contribution in [-0.2, 0) is 16.6 Å². The van der Waals surface area contributed by atoms with Gasteiger partial charge in [0, 0.05) is 43.2 Å². The van der Waals surface area contributed by atoms with Crippen molar-refractivity contribution >= 4 is 22.5 Å². The minimum absolute atomic E-state index is 0.0450. The van der Waals surface area contributed by atoms with E-state index in [-0.39, 0.29) is 22.8 Å². The lowest BCUT2D eigenvalue weighted by Crippen LogP contribution is -2.50. The molecule has 0 saturated carbocycles. The van der Waals surface area contributed by atoms with E-state index >= 15 is 0 Å². The van der Waals surface area contributed by atoms with Crippen LogP contribution in [0.3, 0.4) is 0 Å². The predicted octanol–water partition coefficient (Wildman–Crippen LogP) is 4.89. The summed E-state index contributed by atoms with van der Waals surface area (Å²) in [5.41, 5.74) is 6.45. The number of piperidine rings is 1. The Kier molecular flexibility index (Phi) is 5.65. The lowest BCUT2D eigenvalue weighted by molar-refractivity contribution is 0.0616. The van der Waals surface area contributed by atoms with Gasteiger partial charge < -0.3 is 14.6 Å². The van der Waals surface area contributed by atoms with Gasteiger partial charge in [-0.15, -0.1) is 0 Å². The summed E-state index contributed by atoms with van der Waals surface area (Å²) in [6.07, 6.45) is 9.02. The molecule has 1 aliphatic carbocycles. The maximum atomic E-state index is 14.0. The van der Waals surface area contributed by atoms with Crippen LogP contribution in [0.25, 0.3) is 16.6 Å². The van der Waals surface area contributed by atoms with Gasteiger partial charge >= 0.3 is 0 Å². The molecule has 1 amide bonds. The first-order valence-electron chi connectivity index (χ1n) is 14.0. The van der Waals surface area contributed by atoms with E-state index in [2.05, 4.69) is 39.1 Å². The second kappa shape index (κ2) is 9.09. The summed E-state index contributed by atoms with van der Waals surface area (Å²) in [5.74, 6) is 1.22. The van der Waals surface area contributed by atoms with Gasteiger partial charge in [0.15, 0.2) is 0 Å². The van der Waals surface area contributed by atoms with Gasteiger partial charge in [-0.25, -0.2) is 4.98 Å². The van der Waals surface area contributed by atoms with Gasteiger partial charge in [-0.1, -0.05) is 24.3 Å². The van der Waals surface area contributed by atoms with Crippen LogP contribution in [-0.4, -0.2) is 51.5 Å². The summed E-state index contributed by atoms with van der Waals surface area (Å²) in [4.78, 5) is 36.8. The molecule has 2 aromatic carbocycles. The number of ether oxygens (including phenoxy) is 1. The Morgan fingerprint density at radius 1 is 1.11 bits per heavy atom. The Labute approximate surface area is 221 Å². The third-order valence-corrected chi connectivity index (χ3v) is 9.22. The van der Waals surface area contributed by atoms with Crippen molar-refractivity contribution in [2.45, 2.75) is 63.2 Å². The fourth-order valence-electron chi connectivity index (χ4n) is 7.32. The number of carbonyl (C=O) groups excluding carboxylic acids is 1. The lowest BCUT2D eigenvalue weighted by atomic mass is 9.66. The zero-order valence-electron chi connectivity index (χ0n) is 22.0. The number of rotatable bonds is 2. The van der Waals surface area contributed by atoms with Gasteiger partial charge in [-0.2, -0.15) is 0 Å². The first kappa shape index (κ1) is 23.7. The molecular weight excluding hydrogens is 476 g/mol. The van der Waals surface area contributed by atoms with Gasteiger partial charge in [0.1, 0.15) is 11.3 Å². The number of aromatic nitrogens is 3. The van der Waals surface area contributed by atoms with E-state index in [1.54, 1.807) is 6.20 Å². The Morgan fingerprint density at radius 3 is 2.79 bits per heavy atom. The van der Waals surface area contributed by atoms with Crippen LogP contribution in [0.5, 0.6) is 0 Å². The van der Waals surface area contributed by atoms with Crippen LogP contribution in [0.1, 0.15) is 77.3 Å². The van der Waals surface area contributed by atoms with Crippen LogP contribution < -0.4 is 5.56 Å². The maximum absolute atomic E-state index is 14.0. The van der Waals surface area contributed by atoms with Gasteiger partial charge in [0.05, 0.1) is 17.2 Å². The van der Waals surface area contributed by atoms with Crippen LogP contribution >= 0.6 is 0 Å². The molecule has 1 spiro atoms. The molecule has 2 fully saturated rings. The number of hydrogen-bond donors (Lipinski definition) is 1. The van der Waals surface area contributed by atoms with Crippen molar-refractivity contribution in [3.63, 3.8) is 0 Å². The molecule has 2 aliphatic heterocycles. The highest BCUT2D eigenvalue weighted by Crippen LogP contribution is 2.44. The highest BCUT2D eigenvalue weighted by molar-refractivity contribution is 5.99. The van der Waals surface area contributed by atoms with Crippen LogP contribution in [0.15, 0.2) is 47.4 Å². The quantitative estimate of drug-likeness (QED) is 0.417. The monoisotopic (exact) mass is 510 g/mol. The lowest BCUT2D eigenvalue weighted by Gasteiger charge is -2.46. The molecule has 0 radical (unpaired) electrons. The number of H-pyrrole nitrogens is 1. The SMILES string of the molecule is Cc1cc2c(cc1C(=O)N1CCCC3(CCCc4ccccc43)C1)[nH]c(=O)c1cnc(C3CCOCC3)n12. The van der Waals surface area contributed by atoms with Crippen LogP contribution in [0.4, 0.5) is 0 Å². The van der Waals surface area contributed by atoms with E-state index in [1.807, 2.05) is 23.5 Å². The molecule has 3 aliphatic rings. The molecule has 2 saturated heterocycles. The molecule has 1 N–H and O–H groups in total. The van der Waals surface area contributed by atoms with Crippen molar-refractivity contribution in [3.05, 3.63) is 81.0 Å². The molecule has 4 heterocycles. The summed E-state index contributed by atoms with van der Waals surface area (Å²) in [5, 5.41) is 0. The number of benzene rings is 2. The van der Waals surface area contributed by atoms with Gasteiger partial charge in [-0.3, -0.25) is 14.0 Å². The van der Waals surface area contributed by atoms with Gasteiger partial charge in [0.2, 0.25) is 0 Å². The number of carbonyl (C=O) groups is 1. The van der Waals surface area contributed by atoms with Gasteiger partial charge in [0.25, 0.3) is 11.5 Å². The first-order chi connectivity index (χ1) is 18.5. The van der Waals surface area contributed by atoms with E-state index < -0.39 is 0 Å². The second-order valence-electron chi connectivity index (χ2n) is 11.5.